The van der Waals surface area contributed by atoms with Gasteiger partial charge in [-0.25, -0.2) is 4.79 Å². The van der Waals surface area contributed by atoms with Gasteiger partial charge >= 0.3 is 5.97 Å². The first kappa shape index (κ1) is 27.3. The zero-order chi connectivity index (χ0) is 24.9. The summed E-state index contributed by atoms with van der Waals surface area (Å²) < 4.78 is 28.4. The molecule has 0 amide bonds. The van der Waals surface area contributed by atoms with Crippen molar-refractivity contribution < 1.29 is 23.7 Å². The fourth-order valence-corrected chi connectivity index (χ4v) is 8.60. The van der Waals surface area contributed by atoms with Gasteiger partial charge in [-0.1, -0.05) is 18.8 Å². The molecule has 1 aromatic rings. The summed E-state index contributed by atoms with van der Waals surface area (Å²) in [5, 5.41) is 10.1. The number of aromatic carboxylic acids is 1. The molecule has 190 valence electrons. The van der Waals surface area contributed by atoms with E-state index in [9.17, 15) is 14.5 Å². The van der Waals surface area contributed by atoms with Crippen molar-refractivity contribution in [1.82, 2.24) is 0 Å². The first-order valence-electron chi connectivity index (χ1n) is 12.5. The number of carboxylic acid groups (broad SMARTS) is 1. The van der Waals surface area contributed by atoms with Gasteiger partial charge in [-0.15, -0.1) is 11.3 Å². The predicted octanol–water partition coefficient (Wildman–Crippen LogP) is 6.89. The standard InChI is InChI=1S/C26H40NO5PS/c1-6-32-33(30,21-9-7-19(2)8-10-21)27(18-20-12-15-31-16-13-20)23-17-22(11-14-26(3,4)5)34-24(23)25(28)29/h17,19-21H,6-10,12-13,15-16,18H2,1-5H3,(H,28,29). The van der Waals surface area contributed by atoms with Gasteiger partial charge in [-0.2, -0.15) is 0 Å². The van der Waals surface area contributed by atoms with Gasteiger partial charge in [0.15, 0.2) is 0 Å². The molecule has 2 heterocycles. The van der Waals surface area contributed by atoms with E-state index in [1.807, 2.05) is 38.4 Å². The molecule has 1 saturated heterocycles. The molecule has 1 unspecified atom stereocenters. The smallest absolute Gasteiger partial charge is 0.348 e. The first-order valence-corrected chi connectivity index (χ1v) is 15.0. The summed E-state index contributed by atoms with van der Waals surface area (Å²) >= 11 is 1.16. The van der Waals surface area contributed by atoms with Gasteiger partial charge in [-0.3, -0.25) is 9.24 Å². The molecule has 1 aromatic heterocycles. The molecule has 3 rings (SSSR count). The quantitative estimate of drug-likeness (QED) is 0.304. The highest BCUT2D eigenvalue weighted by molar-refractivity contribution is 7.61. The number of thiophene rings is 1. The third kappa shape index (κ3) is 6.88. The van der Waals surface area contributed by atoms with Crippen molar-refractivity contribution in [3.8, 4) is 11.8 Å². The van der Waals surface area contributed by atoms with E-state index in [1.165, 1.54) is 0 Å². The number of hydrogen-bond acceptors (Lipinski definition) is 5. The summed E-state index contributed by atoms with van der Waals surface area (Å²) in [5.41, 5.74) is 0.209. The average molecular weight is 510 g/mol. The van der Waals surface area contributed by atoms with Crippen molar-refractivity contribution in [1.29, 1.82) is 0 Å². The molecule has 2 fully saturated rings. The third-order valence-electron chi connectivity index (χ3n) is 6.61. The summed E-state index contributed by atoms with van der Waals surface area (Å²) in [6.07, 6.45) is 5.45. The maximum atomic E-state index is 14.8. The molecule has 2 aliphatic rings. The van der Waals surface area contributed by atoms with Gasteiger partial charge in [0.2, 0.25) is 0 Å². The maximum absolute atomic E-state index is 14.8. The van der Waals surface area contributed by atoms with Crippen molar-refractivity contribution >= 4 is 30.5 Å². The maximum Gasteiger partial charge on any atom is 0.348 e. The normalized spacial score (nSPS) is 23.6. The molecule has 8 heteroatoms. The lowest BCUT2D eigenvalue weighted by Crippen LogP contribution is -2.36. The van der Waals surface area contributed by atoms with Crippen LogP contribution < -0.4 is 4.67 Å². The minimum Gasteiger partial charge on any atom is -0.477 e. The van der Waals surface area contributed by atoms with Crippen molar-refractivity contribution in [3.63, 3.8) is 0 Å². The largest absolute Gasteiger partial charge is 0.477 e. The number of carbonyl (C=O) groups is 1. The molecule has 34 heavy (non-hydrogen) atoms. The number of hydrogen-bond donors (Lipinski definition) is 1. The fraction of sp³-hybridized carbons (Fsp3) is 0.731. The van der Waals surface area contributed by atoms with Gasteiger partial charge in [0, 0.05) is 25.2 Å². The molecule has 0 spiro atoms. The Kier molecular flexibility index (Phi) is 9.31. The van der Waals surface area contributed by atoms with E-state index in [1.54, 1.807) is 0 Å². The predicted molar refractivity (Wildman–Crippen MR) is 139 cm³/mol. The zero-order valence-electron chi connectivity index (χ0n) is 21.3. The third-order valence-corrected chi connectivity index (χ3v) is 10.8. The van der Waals surface area contributed by atoms with Crippen LogP contribution in [0.4, 0.5) is 5.69 Å². The van der Waals surface area contributed by atoms with Crippen molar-refractivity contribution in [2.75, 3.05) is 31.0 Å². The summed E-state index contributed by atoms with van der Waals surface area (Å²) in [6.45, 7) is 12.4. The van der Waals surface area contributed by atoms with Crippen molar-refractivity contribution in [2.24, 2.45) is 17.3 Å². The number of rotatable bonds is 8. The van der Waals surface area contributed by atoms with Crippen LogP contribution in [0, 0.1) is 29.1 Å². The van der Waals surface area contributed by atoms with Gasteiger partial charge in [0.05, 0.1) is 22.8 Å². The van der Waals surface area contributed by atoms with Gasteiger partial charge in [0.1, 0.15) is 4.88 Å². The van der Waals surface area contributed by atoms with Crippen LogP contribution in [0.1, 0.15) is 87.7 Å². The van der Waals surface area contributed by atoms with Crippen LogP contribution in [0.2, 0.25) is 0 Å². The van der Waals surface area contributed by atoms with Crippen molar-refractivity contribution in [3.05, 3.63) is 15.8 Å². The molecule has 0 radical (unpaired) electrons. The Morgan fingerprint density at radius 3 is 2.44 bits per heavy atom. The Morgan fingerprint density at radius 1 is 1.24 bits per heavy atom. The van der Waals surface area contributed by atoms with Crippen LogP contribution >= 0.6 is 18.9 Å². The molecule has 1 saturated carbocycles. The van der Waals surface area contributed by atoms with Crippen LogP contribution in [-0.4, -0.2) is 43.1 Å². The summed E-state index contributed by atoms with van der Waals surface area (Å²) in [7, 11) is -3.34. The van der Waals surface area contributed by atoms with Crippen molar-refractivity contribution in [2.45, 2.75) is 78.8 Å². The van der Waals surface area contributed by atoms with E-state index in [4.69, 9.17) is 9.26 Å². The fourth-order valence-electron chi connectivity index (χ4n) is 4.70. The highest BCUT2D eigenvalue weighted by Crippen LogP contribution is 2.62. The van der Waals surface area contributed by atoms with E-state index in [2.05, 4.69) is 18.8 Å². The van der Waals surface area contributed by atoms with Crippen LogP contribution in [0.15, 0.2) is 6.07 Å². The second-order valence-electron chi connectivity index (χ2n) is 10.7. The van der Waals surface area contributed by atoms with E-state index in [0.29, 0.717) is 42.8 Å². The van der Waals surface area contributed by atoms with Gasteiger partial charge in [0.25, 0.3) is 7.52 Å². The van der Waals surface area contributed by atoms with Crippen LogP contribution in [-0.2, 0) is 13.8 Å². The Labute approximate surface area is 208 Å². The monoisotopic (exact) mass is 509 g/mol. The summed E-state index contributed by atoms with van der Waals surface area (Å²) in [4.78, 5) is 13.2. The Bertz CT molecular complexity index is 943. The lowest BCUT2D eigenvalue weighted by molar-refractivity contribution is 0.0682. The van der Waals surface area contributed by atoms with Crippen LogP contribution in [0.3, 0.4) is 0 Å². The molecule has 1 N–H and O–H groups in total. The molecule has 1 aliphatic carbocycles. The molecule has 0 bridgehead atoms. The van der Waals surface area contributed by atoms with Gasteiger partial charge in [-0.05, 0) is 84.1 Å². The SMILES string of the molecule is CCOP(=O)(C1CCC(C)CC1)N(CC1CCOCC1)c1cc(C#CC(C)(C)C)sc1C(=O)O. The number of carboxylic acids is 1. The highest BCUT2D eigenvalue weighted by Gasteiger charge is 2.44. The number of anilines is 1. The first-order chi connectivity index (χ1) is 16.0. The Hall–Kier alpha value is -1.32. The Balaban J connectivity index is 2.09. The summed E-state index contributed by atoms with van der Waals surface area (Å²) in [5.74, 6) is 6.23. The molecule has 1 aliphatic heterocycles. The highest BCUT2D eigenvalue weighted by atomic mass is 32.1. The molecular weight excluding hydrogens is 469 g/mol. The molecule has 1 atom stereocenters. The van der Waals surface area contributed by atoms with Crippen LogP contribution in [0.5, 0.6) is 0 Å². The molecule has 6 nitrogen and oxygen atoms in total. The Morgan fingerprint density at radius 2 is 1.88 bits per heavy atom. The van der Waals surface area contributed by atoms with Crippen LogP contribution in [0.25, 0.3) is 0 Å². The lowest BCUT2D eigenvalue weighted by Gasteiger charge is -2.41. The minimum absolute atomic E-state index is 0.0888. The molecular formula is C26H40NO5PS. The van der Waals surface area contributed by atoms with E-state index < -0.39 is 13.5 Å². The second kappa shape index (κ2) is 11.6. The van der Waals surface area contributed by atoms with E-state index in [0.717, 1.165) is 49.9 Å². The zero-order valence-corrected chi connectivity index (χ0v) is 23.0. The number of ether oxygens (including phenoxy) is 1. The summed E-state index contributed by atoms with van der Waals surface area (Å²) in [6, 6.07) is 1.82. The van der Waals surface area contributed by atoms with E-state index >= 15 is 0 Å². The average Bonchev–Trinajstić information content (AvgIpc) is 3.21. The topological polar surface area (TPSA) is 76.1 Å². The molecule has 0 aromatic carbocycles. The van der Waals surface area contributed by atoms with E-state index in [-0.39, 0.29) is 21.9 Å². The minimum atomic E-state index is -3.34. The lowest BCUT2D eigenvalue weighted by atomic mass is 9.91. The number of nitrogens with zero attached hydrogens (tertiary/aromatic N) is 1. The van der Waals surface area contributed by atoms with Gasteiger partial charge < -0.3 is 14.4 Å². The second-order valence-corrected chi connectivity index (χ2v) is 14.3.